The van der Waals surface area contributed by atoms with E-state index in [1.54, 1.807) is 0 Å². The Hall–Kier alpha value is -2.07. The average Bonchev–Trinajstić information content (AvgIpc) is 3.17. The number of benzene rings is 1. The van der Waals surface area contributed by atoms with Gasteiger partial charge in [-0.3, -0.25) is 0 Å². The molecule has 0 saturated carbocycles. The van der Waals surface area contributed by atoms with E-state index in [0.29, 0.717) is 5.92 Å². The zero-order chi connectivity index (χ0) is 15.5. The fourth-order valence-corrected chi connectivity index (χ4v) is 2.60. The van der Waals surface area contributed by atoms with Crippen LogP contribution in [-0.2, 0) is 13.0 Å². The Morgan fingerprint density at radius 2 is 2.00 bits per heavy atom. The Kier molecular flexibility index (Phi) is 5.61. The van der Waals surface area contributed by atoms with E-state index in [1.807, 2.05) is 18.7 Å². The third kappa shape index (κ3) is 3.82. The van der Waals surface area contributed by atoms with Crippen molar-refractivity contribution < 1.29 is 0 Å². The van der Waals surface area contributed by atoms with Gasteiger partial charge < -0.3 is 9.13 Å². The lowest BCUT2D eigenvalue weighted by Gasteiger charge is -2.08. The van der Waals surface area contributed by atoms with Gasteiger partial charge in [-0.2, -0.15) is 0 Å². The van der Waals surface area contributed by atoms with Crippen molar-refractivity contribution in [3.05, 3.63) is 66.3 Å². The predicted molar refractivity (Wildman–Crippen MR) is 95.6 cm³/mol. The Morgan fingerprint density at radius 1 is 1.17 bits per heavy atom. The molecule has 0 radical (unpaired) electrons. The molecule has 0 unspecified atom stereocenters. The summed E-state index contributed by atoms with van der Waals surface area (Å²) in [4.78, 5) is 8.89. The molecule has 4 nitrogen and oxygen atoms in total. The highest BCUT2D eigenvalue weighted by Crippen LogP contribution is 2.18. The maximum atomic E-state index is 4.53. The third-order valence-corrected chi connectivity index (χ3v) is 3.92. The Labute approximate surface area is 143 Å². The van der Waals surface area contributed by atoms with Gasteiger partial charge in [-0.15, -0.1) is 12.4 Å². The summed E-state index contributed by atoms with van der Waals surface area (Å²) in [5, 5.41) is 0. The minimum atomic E-state index is 0. The van der Waals surface area contributed by atoms with E-state index in [9.17, 15) is 0 Å². The van der Waals surface area contributed by atoms with E-state index in [0.717, 1.165) is 30.2 Å². The molecule has 0 aliphatic carbocycles. The van der Waals surface area contributed by atoms with E-state index in [1.165, 1.54) is 5.56 Å². The quantitative estimate of drug-likeness (QED) is 0.702. The molecule has 0 amide bonds. The second kappa shape index (κ2) is 7.47. The van der Waals surface area contributed by atoms with Gasteiger partial charge in [0.25, 0.3) is 0 Å². The minimum absolute atomic E-state index is 0. The first-order valence-corrected chi connectivity index (χ1v) is 7.80. The van der Waals surface area contributed by atoms with Crippen LogP contribution in [0.15, 0.2) is 49.2 Å². The number of hydrogen-bond donors (Lipinski definition) is 0. The molecule has 0 aliphatic heterocycles. The van der Waals surface area contributed by atoms with Crippen molar-refractivity contribution in [3.8, 4) is 5.69 Å². The van der Waals surface area contributed by atoms with Crippen LogP contribution in [-0.4, -0.2) is 19.1 Å². The first kappa shape index (κ1) is 17.3. The largest absolute Gasteiger partial charge is 0.329 e. The topological polar surface area (TPSA) is 35.6 Å². The van der Waals surface area contributed by atoms with Crippen LogP contribution in [0, 0.1) is 0 Å². The molecule has 2 heterocycles. The maximum Gasteiger partial charge on any atom is 0.108 e. The molecule has 0 spiro atoms. The molecule has 3 rings (SSSR count). The molecule has 0 N–H and O–H groups in total. The zero-order valence-electron chi connectivity index (χ0n) is 13.8. The highest BCUT2D eigenvalue weighted by Gasteiger charge is 2.06. The Bertz CT molecular complexity index is 758. The van der Waals surface area contributed by atoms with Crippen molar-refractivity contribution in [2.45, 2.75) is 39.7 Å². The van der Waals surface area contributed by atoms with Crippen LogP contribution in [0.25, 0.3) is 5.69 Å². The lowest BCUT2D eigenvalue weighted by Crippen LogP contribution is -2.03. The van der Waals surface area contributed by atoms with Crippen LogP contribution >= 0.6 is 12.4 Å². The van der Waals surface area contributed by atoms with Crippen molar-refractivity contribution in [1.82, 2.24) is 19.1 Å². The highest BCUT2D eigenvalue weighted by molar-refractivity contribution is 5.85. The Morgan fingerprint density at radius 3 is 2.74 bits per heavy atom. The number of nitrogens with zero attached hydrogens (tertiary/aromatic N) is 4. The van der Waals surface area contributed by atoms with Crippen LogP contribution < -0.4 is 0 Å². The molecule has 3 aromatic rings. The molecule has 0 bridgehead atoms. The molecule has 0 fully saturated rings. The van der Waals surface area contributed by atoms with Gasteiger partial charge >= 0.3 is 0 Å². The van der Waals surface area contributed by atoms with E-state index < -0.39 is 0 Å². The summed E-state index contributed by atoms with van der Waals surface area (Å²) in [6.07, 6.45) is 8.78. The minimum Gasteiger partial charge on any atom is -0.329 e. The average molecular weight is 331 g/mol. The van der Waals surface area contributed by atoms with Gasteiger partial charge in [-0.25, -0.2) is 9.97 Å². The number of imidazole rings is 2. The fourth-order valence-electron chi connectivity index (χ4n) is 2.60. The molecule has 0 saturated heterocycles. The van der Waals surface area contributed by atoms with Gasteiger partial charge in [0, 0.05) is 30.7 Å². The van der Waals surface area contributed by atoms with Gasteiger partial charge in [-0.05, 0) is 23.6 Å². The number of halogens is 1. The molecule has 0 aliphatic rings. The van der Waals surface area contributed by atoms with Crippen molar-refractivity contribution in [2.24, 2.45) is 0 Å². The highest BCUT2D eigenvalue weighted by atomic mass is 35.5. The van der Waals surface area contributed by atoms with E-state index in [2.05, 4.69) is 70.3 Å². The van der Waals surface area contributed by atoms with Crippen LogP contribution in [0.1, 0.15) is 43.8 Å². The molecule has 2 aromatic heterocycles. The summed E-state index contributed by atoms with van der Waals surface area (Å²) in [5.74, 6) is 1.62. The number of aromatic nitrogens is 4. The summed E-state index contributed by atoms with van der Waals surface area (Å²) in [6, 6.07) is 8.62. The van der Waals surface area contributed by atoms with E-state index >= 15 is 0 Å². The van der Waals surface area contributed by atoms with Crippen LogP contribution in [0.4, 0.5) is 0 Å². The first-order chi connectivity index (χ1) is 10.7. The summed E-state index contributed by atoms with van der Waals surface area (Å²) in [6.45, 7) is 7.31. The summed E-state index contributed by atoms with van der Waals surface area (Å²) < 4.78 is 4.24. The second-order valence-electron chi connectivity index (χ2n) is 5.85. The zero-order valence-corrected chi connectivity index (χ0v) is 14.6. The molecular weight excluding hydrogens is 308 g/mol. The molecule has 122 valence electrons. The van der Waals surface area contributed by atoms with Gasteiger partial charge in [0.15, 0.2) is 0 Å². The van der Waals surface area contributed by atoms with E-state index in [-0.39, 0.29) is 12.4 Å². The monoisotopic (exact) mass is 330 g/mol. The Balaban J connectivity index is 0.00000192. The molecule has 5 heteroatoms. The lowest BCUT2D eigenvalue weighted by molar-refractivity contribution is 0.719. The number of aryl methyl sites for hydroxylation is 1. The lowest BCUT2D eigenvalue weighted by atomic mass is 10.0. The van der Waals surface area contributed by atoms with E-state index in [4.69, 9.17) is 0 Å². The number of hydrogen-bond acceptors (Lipinski definition) is 2. The van der Waals surface area contributed by atoms with Crippen LogP contribution in [0.5, 0.6) is 0 Å². The SMILES string of the molecule is CCc1nccn1Cc1cn(-c2cccc(C(C)C)c2)cn1.Cl. The summed E-state index contributed by atoms with van der Waals surface area (Å²) in [5.41, 5.74) is 3.55. The number of rotatable bonds is 5. The van der Waals surface area contributed by atoms with Gasteiger partial charge in [0.2, 0.25) is 0 Å². The first-order valence-electron chi connectivity index (χ1n) is 7.80. The van der Waals surface area contributed by atoms with Gasteiger partial charge in [-0.1, -0.05) is 32.9 Å². The van der Waals surface area contributed by atoms with Crippen LogP contribution in [0.2, 0.25) is 0 Å². The smallest absolute Gasteiger partial charge is 0.108 e. The predicted octanol–water partition coefficient (Wildman–Crippen LogP) is 4.22. The standard InChI is InChI=1S/C18H22N4.ClH/c1-4-18-19-8-9-21(18)11-16-12-22(13-20-16)17-7-5-6-15(10-17)14(2)3;/h5-10,12-14H,4,11H2,1-3H3;1H. The maximum absolute atomic E-state index is 4.53. The molecular formula is C18H23ClN4. The summed E-state index contributed by atoms with van der Waals surface area (Å²) in [7, 11) is 0. The van der Waals surface area contributed by atoms with Gasteiger partial charge in [0.05, 0.1) is 18.6 Å². The third-order valence-electron chi connectivity index (χ3n) is 3.92. The van der Waals surface area contributed by atoms with Crippen molar-refractivity contribution in [2.75, 3.05) is 0 Å². The molecule has 1 aromatic carbocycles. The molecule has 0 atom stereocenters. The molecule has 23 heavy (non-hydrogen) atoms. The van der Waals surface area contributed by atoms with Crippen molar-refractivity contribution in [1.29, 1.82) is 0 Å². The second-order valence-corrected chi connectivity index (χ2v) is 5.85. The van der Waals surface area contributed by atoms with Crippen molar-refractivity contribution >= 4 is 12.4 Å². The van der Waals surface area contributed by atoms with Crippen molar-refractivity contribution in [3.63, 3.8) is 0 Å². The summed E-state index contributed by atoms with van der Waals surface area (Å²) >= 11 is 0. The van der Waals surface area contributed by atoms with Crippen LogP contribution in [0.3, 0.4) is 0 Å². The van der Waals surface area contributed by atoms with Gasteiger partial charge in [0.1, 0.15) is 5.82 Å². The fraction of sp³-hybridized carbons (Fsp3) is 0.333. The normalized spacial score (nSPS) is 10.8.